The van der Waals surface area contributed by atoms with Crippen LogP contribution >= 0.6 is 11.6 Å². The van der Waals surface area contributed by atoms with Crippen LogP contribution in [0.5, 0.6) is 0 Å². The average Bonchev–Trinajstić information content (AvgIpc) is 3.20. The SMILES string of the molecule is C.CNCc1nc2ccc(Nc3ncc4c(n3)-c3ccc(Cl)cc3C(c3ccccc3F)=NC4)cc2[nH]1. The van der Waals surface area contributed by atoms with Crippen LogP contribution in [0.25, 0.3) is 22.3 Å². The summed E-state index contributed by atoms with van der Waals surface area (Å²) in [5.41, 5.74) is 6.72. The van der Waals surface area contributed by atoms with E-state index in [-0.39, 0.29) is 13.2 Å². The highest BCUT2D eigenvalue weighted by Gasteiger charge is 2.23. The van der Waals surface area contributed by atoms with Crippen LogP contribution in [-0.2, 0) is 13.1 Å². The molecule has 7 nitrogen and oxygen atoms in total. The summed E-state index contributed by atoms with van der Waals surface area (Å²) < 4.78 is 14.7. The number of hydrogen-bond donors (Lipinski definition) is 3. The van der Waals surface area contributed by atoms with Gasteiger partial charge in [-0.3, -0.25) is 4.99 Å². The van der Waals surface area contributed by atoms with E-state index in [0.29, 0.717) is 35.3 Å². The summed E-state index contributed by atoms with van der Waals surface area (Å²) in [6.07, 6.45) is 1.76. The van der Waals surface area contributed by atoms with Crippen molar-refractivity contribution in [3.8, 4) is 11.3 Å². The first kappa shape index (κ1) is 24.5. The van der Waals surface area contributed by atoms with Gasteiger partial charge < -0.3 is 15.6 Å². The Morgan fingerprint density at radius 2 is 1.86 bits per heavy atom. The van der Waals surface area contributed by atoms with Crippen LogP contribution in [0, 0.1) is 5.82 Å². The van der Waals surface area contributed by atoms with Crippen molar-refractivity contribution in [1.82, 2.24) is 25.3 Å². The molecule has 0 fully saturated rings. The summed E-state index contributed by atoms with van der Waals surface area (Å²) in [7, 11) is 1.88. The van der Waals surface area contributed by atoms with Gasteiger partial charge in [0.25, 0.3) is 0 Å². The van der Waals surface area contributed by atoms with Gasteiger partial charge in [0, 0.05) is 39.2 Å². The molecule has 3 aromatic carbocycles. The number of nitrogens with one attached hydrogen (secondary N) is 3. The van der Waals surface area contributed by atoms with Crippen molar-refractivity contribution in [3.05, 3.63) is 100 Å². The molecule has 5 aromatic rings. The van der Waals surface area contributed by atoms with Crippen molar-refractivity contribution in [2.75, 3.05) is 12.4 Å². The van der Waals surface area contributed by atoms with E-state index >= 15 is 0 Å². The summed E-state index contributed by atoms with van der Waals surface area (Å²) in [5, 5.41) is 6.93. The van der Waals surface area contributed by atoms with Crippen molar-refractivity contribution in [1.29, 1.82) is 0 Å². The number of aliphatic imine (C=N–C) groups is 1. The fraction of sp³-hybridized carbons (Fsp3) is 0.143. The maximum atomic E-state index is 14.7. The number of nitrogens with zero attached hydrogens (tertiary/aromatic N) is 4. The molecule has 9 heteroatoms. The molecule has 0 unspecified atom stereocenters. The van der Waals surface area contributed by atoms with Crippen molar-refractivity contribution < 1.29 is 4.39 Å². The van der Waals surface area contributed by atoms with E-state index in [0.717, 1.165) is 44.9 Å². The molecule has 0 spiro atoms. The highest BCUT2D eigenvalue weighted by molar-refractivity contribution is 6.31. The molecule has 0 atom stereocenters. The highest BCUT2D eigenvalue weighted by atomic mass is 35.5. The van der Waals surface area contributed by atoms with Crippen molar-refractivity contribution in [3.63, 3.8) is 0 Å². The van der Waals surface area contributed by atoms with Crippen LogP contribution in [0.3, 0.4) is 0 Å². The van der Waals surface area contributed by atoms with E-state index in [1.807, 2.05) is 31.3 Å². The molecule has 0 radical (unpaired) electrons. The monoisotopic (exact) mass is 513 g/mol. The first-order valence-electron chi connectivity index (χ1n) is 11.4. The summed E-state index contributed by atoms with van der Waals surface area (Å²) in [6, 6.07) is 18.0. The number of halogens is 2. The second-order valence-electron chi connectivity index (χ2n) is 8.47. The zero-order chi connectivity index (χ0) is 24.6. The molecular weight excluding hydrogens is 489 g/mol. The number of aromatic nitrogens is 4. The Bertz CT molecular complexity index is 1640. The number of rotatable bonds is 5. The molecule has 0 amide bonds. The molecule has 0 bridgehead atoms. The van der Waals surface area contributed by atoms with Crippen molar-refractivity contribution in [2.45, 2.75) is 20.5 Å². The molecule has 3 N–H and O–H groups in total. The predicted octanol–water partition coefficient (Wildman–Crippen LogP) is 6.26. The first-order valence-corrected chi connectivity index (χ1v) is 11.8. The molecule has 0 aliphatic carbocycles. The van der Waals surface area contributed by atoms with E-state index in [2.05, 4.69) is 25.6 Å². The molecule has 0 saturated heterocycles. The third-order valence-corrected chi connectivity index (χ3v) is 6.26. The Labute approximate surface area is 218 Å². The lowest BCUT2D eigenvalue weighted by Gasteiger charge is -2.13. The van der Waals surface area contributed by atoms with Gasteiger partial charge in [0.1, 0.15) is 11.6 Å². The summed E-state index contributed by atoms with van der Waals surface area (Å²) in [4.78, 5) is 22.0. The van der Waals surface area contributed by atoms with Crippen LogP contribution < -0.4 is 10.6 Å². The molecule has 1 aliphatic rings. The quantitative estimate of drug-likeness (QED) is 0.258. The highest BCUT2D eigenvalue weighted by Crippen LogP contribution is 2.34. The van der Waals surface area contributed by atoms with Gasteiger partial charge in [-0.15, -0.1) is 0 Å². The van der Waals surface area contributed by atoms with Crippen LogP contribution in [0.2, 0.25) is 5.02 Å². The number of aromatic amines is 1. The van der Waals surface area contributed by atoms with Crippen LogP contribution in [0.1, 0.15) is 29.9 Å². The molecule has 3 heterocycles. The smallest absolute Gasteiger partial charge is 0.227 e. The standard InChI is InChI=1S/C27H21ClFN7.CH4/c1-30-14-24-34-22-9-7-17(11-23(22)35-24)33-27-32-13-15-12-31-26(19-4-2-3-5-21(19)29)20-10-16(28)6-8-18(20)25(15)36-27;/h2-11,13,30H,12,14H2,1H3,(H,34,35)(H,32,33,36);1H4. The van der Waals surface area contributed by atoms with Crippen LogP contribution in [-0.4, -0.2) is 32.7 Å². The largest absolute Gasteiger partial charge is 0.341 e. The van der Waals surface area contributed by atoms with E-state index < -0.39 is 0 Å². The predicted molar refractivity (Wildman–Crippen MR) is 147 cm³/mol. The van der Waals surface area contributed by atoms with E-state index in [1.165, 1.54) is 6.07 Å². The number of benzene rings is 3. The molecular formula is C28H25ClFN7. The number of imidazole rings is 1. The van der Waals surface area contributed by atoms with Gasteiger partial charge in [-0.05, 0) is 49.5 Å². The zero-order valence-corrected chi connectivity index (χ0v) is 20.1. The maximum absolute atomic E-state index is 14.7. The van der Waals surface area contributed by atoms with E-state index in [1.54, 1.807) is 36.5 Å². The van der Waals surface area contributed by atoms with Gasteiger partial charge >= 0.3 is 0 Å². The van der Waals surface area contributed by atoms with Gasteiger partial charge in [0.2, 0.25) is 5.95 Å². The normalized spacial score (nSPS) is 12.2. The molecule has 6 rings (SSSR count). The van der Waals surface area contributed by atoms with Gasteiger partial charge in [-0.1, -0.05) is 37.2 Å². The van der Waals surface area contributed by atoms with E-state index in [9.17, 15) is 4.39 Å². The Morgan fingerprint density at radius 1 is 1.00 bits per heavy atom. The molecule has 0 saturated carbocycles. The Kier molecular flexibility index (Phi) is 6.69. The minimum absolute atomic E-state index is 0. The lowest BCUT2D eigenvalue weighted by atomic mass is 9.95. The second-order valence-corrected chi connectivity index (χ2v) is 8.91. The Morgan fingerprint density at radius 3 is 2.70 bits per heavy atom. The third kappa shape index (κ3) is 4.69. The molecule has 186 valence electrons. The molecule has 1 aliphatic heterocycles. The molecule has 2 aromatic heterocycles. The lowest BCUT2D eigenvalue weighted by Crippen LogP contribution is -2.07. The summed E-state index contributed by atoms with van der Waals surface area (Å²) >= 11 is 6.35. The summed E-state index contributed by atoms with van der Waals surface area (Å²) in [5.74, 6) is 0.971. The number of hydrogen-bond acceptors (Lipinski definition) is 6. The fourth-order valence-electron chi connectivity index (χ4n) is 4.39. The molecule has 37 heavy (non-hydrogen) atoms. The first-order chi connectivity index (χ1) is 17.6. The zero-order valence-electron chi connectivity index (χ0n) is 19.3. The van der Waals surface area contributed by atoms with E-state index in [4.69, 9.17) is 21.6 Å². The van der Waals surface area contributed by atoms with Crippen LogP contribution in [0.15, 0.2) is 71.9 Å². The lowest BCUT2D eigenvalue weighted by molar-refractivity contribution is 0.625. The third-order valence-electron chi connectivity index (χ3n) is 6.02. The Hall–Kier alpha value is -4.14. The van der Waals surface area contributed by atoms with Gasteiger partial charge in [-0.2, -0.15) is 0 Å². The maximum Gasteiger partial charge on any atom is 0.227 e. The Balaban J connectivity index is 0.00000280. The minimum atomic E-state index is -0.339. The van der Waals surface area contributed by atoms with Crippen LogP contribution in [0.4, 0.5) is 16.0 Å². The van der Waals surface area contributed by atoms with Gasteiger partial charge in [0.15, 0.2) is 0 Å². The average molecular weight is 514 g/mol. The van der Waals surface area contributed by atoms with Crippen molar-refractivity contribution >= 4 is 40.0 Å². The van der Waals surface area contributed by atoms with Gasteiger partial charge in [0.05, 0.1) is 35.5 Å². The fourth-order valence-corrected chi connectivity index (χ4v) is 4.56. The number of anilines is 2. The minimum Gasteiger partial charge on any atom is -0.341 e. The van der Waals surface area contributed by atoms with Gasteiger partial charge in [-0.25, -0.2) is 19.3 Å². The number of H-pyrrole nitrogens is 1. The van der Waals surface area contributed by atoms with Crippen molar-refractivity contribution in [2.24, 2.45) is 4.99 Å². The topological polar surface area (TPSA) is 90.9 Å². The number of fused-ring (bicyclic) bond motifs is 4. The summed E-state index contributed by atoms with van der Waals surface area (Å²) in [6.45, 7) is 0.978. The second kappa shape index (κ2) is 10.1.